The van der Waals surface area contributed by atoms with Crippen molar-refractivity contribution in [1.29, 1.82) is 0 Å². The second-order valence-electron chi connectivity index (χ2n) is 4.78. The number of benzene rings is 1. The van der Waals surface area contributed by atoms with E-state index in [-0.39, 0.29) is 23.5 Å². The molecule has 0 bridgehead atoms. The van der Waals surface area contributed by atoms with E-state index >= 15 is 0 Å². The summed E-state index contributed by atoms with van der Waals surface area (Å²) in [5.41, 5.74) is 0.434. The highest BCUT2D eigenvalue weighted by molar-refractivity contribution is 6.20. The largest absolute Gasteiger partial charge is 0.355 e. The Kier molecular flexibility index (Phi) is 4.59. The minimum absolute atomic E-state index is 0.0896. The summed E-state index contributed by atoms with van der Waals surface area (Å²) in [6.07, 6.45) is 3.30. The van der Waals surface area contributed by atoms with Crippen LogP contribution in [-0.4, -0.2) is 17.8 Å². The highest BCUT2D eigenvalue weighted by Gasteiger charge is 2.25. The summed E-state index contributed by atoms with van der Waals surface area (Å²) in [7, 11) is 0. The van der Waals surface area contributed by atoms with E-state index in [9.17, 15) is 9.18 Å². The van der Waals surface area contributed by atoms with Crippen LogP contribution in [0.4, 0.5) is 4.39 Å². The van der Waals surface area contributed by atoms with Crippen molar-refractivity contribution in [2.45, 2.75) is 31.1 Å². The molecule has 1 aliphatic rings. The zero-order chi connectivity index (χ0) is 13.0. The predicted octanol–water partition coefficient (Wildman–Crippen LogP) is 2.89. The topological polar surface area (TPSA) is 29.1 Å². The maximum absolute atomic E-state index is 13.4. The van der Waals surface area contributed by atoms with Crippen LogP contribution in [0.3, 0.4) is 0 Å². The third-order valence-electron chi connectivity index (χ3n) is 3.44. The molecule has 0 radical (unpaired) electrons. The Hall–Kier alpha value is -1.09. The fraction of sp³-hybridized carbons (Fsp3) is 0.500. The van der Waals surface area contributed by atoms with Gasteiger partial charge in [-0.25, -0.2) is 4.39 Å². The maximum Gasteiger partial charge on any atom is 0.224 e. The fourth-order valence-electron chi connectivity index (χ4n) is 2.34. The molecule has 0 aliphatic heterocycles. The Bertz CT molecular complexity index is 424. The Balaban J connectivity index is 1.80. The molecule has 1 aliphatic carbocycles. The van der Waals surface area contributed by atoms with Crippen LogP contribution in [0.2, 0.25) is 0 Å². The highest BCUT2D eigenvalue weighted by Crippen LogP contribution is 2.29. The molecule has 1 fully saturated rings. The van der Waals surface area contributed by atoms with Gasteiger partial charge in [0.1, 0.15) is 5.82 Å². The van der Waals surface area contributed by atoms with Gasteiger partial charge in [0.2, 0.25) is 5.91 Å². The summed E-state index contributed by atoms with van der Waals surface area (Å²) in [4.78, 5) is 11.7. The molecule has 0 aromatic heterocycles. The SMILES string of the molecule is O=C(Cc1ccccc1F)NCC1CCCC1Cl. The maximum atomic E-state index is 13.4. The minimum atomic E-state index is -0.330. The number of hydrogen-bond acceptors (Lipinski definition) is 1. The highest BCUT2D eigenvalue weighted by atomic mass is 35.5. The molecule has 2 unspecified atom stereocenters. The van der Waals surface area contributed by atoms with Crippen LogP contribution >= 0.6 is 11.6 Å². The number of hydrogen-bond donors (Lipinski definition) is 1. The number of carbonyl (C=O) groups excluding carboxylic acids is 1. The second kappa shape index (κ2) is 6.19. The molecule has 0 saturated heterocycles. The van der Waals surface area contributed by atoms with Gasteiger partial charge in [-0.15, -0.1) is 11.6 Å². The first-order valence-electron chi connectivity index (χ1n) is 6.31. The van der Waals surface area contributed by atoms with Gasteiger partial charge in [0.05, 0.1) is 6.42 Å². The molecule has 1 aromatic rings. The number of amides is 1. The first-order valence-corrected chi connectivity index (χ1v) is 6.74. The second-order valence-corrected chi connectivity index (χ2v) is 5.34. The number of nitrogens with one attached hydrogen (secondary N) is 1. The van der Waals surface area contributed by atoms with Crippen molar-refractivity contribution in [1.82, 2.24) is 5.32 Å². The average molecular weight is 270 g/mol. The molecule has 2 rings (SSSR count). The van der Waals surface area contributed by atoms with Crippen molar-refractivity contribution in [3.8, 4) is 0 Å². The quantitative estimate of drug-likeness (QED) is 0.837. The van der Waals surface area contributed by atoms with E-state index in [0.717, 1.165) is 19.3 Å². The molecule has 98 valence electrons. The monoisotopic (exact) mass is 269 g/mol. The van der Waals surface area contributed by atoms with Crippen molar-refractivity contribution in [3.05, 3.63) is 35.6 Å². The molecule has 2 atom stereocenters. The van der Waals surface area contributed by atoms with E-state index in [1.165, 1.54) is 6.07 Å². The number of alkyl halides is 1. The average Bonchev–Trinajstić information content (AvgIpc) is 2.75. The molecule has 4 heteroatoms. The van der Waals surface area contributed by atoms with Crippen LogP contribution in [0.25, 0.3) is 0 Å². The summed E-state index contributed by atoms with van der Waals surface area (Å²) in [5, 5.41) is 3.01. The van der Waals surface area contributed by atoms with Crippen molar-refractivity contribution < 1.29 is 9.18 Å². The zero-order valence-electron chi connectivity index (χ0n) is 10.2. The molecular weight excluding hydrogens is 253 g/mol. The van der Waals surface area contributed by atoms with Gasteiger partial charge in [0.25, 0.3) is 0 Å². The van der Waals surface area contributed by atoms with Crippen LogP contribution in [-0.2, 0) is 11.2 Å². The third-order valence-corrected chi connectivity index (χ3v) is 4.01. The summed E-state index contributed by atoms with van der Waals surface area (Å²) in [5.74, 6) is -0.115. The van der Waals surface area contributed by atoms with Crippen LogP contribution in [0.1, 0.15) is 24.8 Å². The van der Waals surface area contributed by atoms with Crippen LogP contribution < -0.4 is 5.32 Å². The molecule has 1 amide bonds. The summed E-state index contributed by atoms with van der Waals surface area (Å²) in [6, 6.07) is 6.36. The van der Waals surface area contributed by atoms with Crippen LogP contribution in [0, 0.1) is 11.7 Å². The normalized spacial score (nSPS) is 23.0. The van der Waals surface area contributed by atoms with E-state index < -0.39 is 0 Å². The Labute approximate surface area is 112 Å². The van der Waals surface area contributed by atoms with Crippen molar-refractivity contribution in [2.24, 2.45) is 5.92 Å². The molecule has 1 N–H and O–H groups in total. The molecule has 2 nitrogen and oxygen atoms in total. The molecule has 0 heterocycles. The van der Waals surface area contributed by atoms with Crippen molar-refractivity contribution in [3.63, 3.8) is 0 Å². The smallest absolute Gasteiger partial charge is 0.224 e. The zero-order valence-corrected chi connectivity index (χ0v) is 10.9. The molecule has 0 spiro atoms. The van der Waals surface area contributed by atoms with Gasteiger partial charge in [-0.2, -0.15) is 0 Å². The van der Waals surface area contributed by atoms with E-state index in [0.29, 0.717) is 18.0 Å². The Morgan fingerprint density at radius 2 is 2.17 bits per heavy atom. The Morgan fingerprint density at radius 1 is 1.39 bits per heavy atom. The van der Waals surface area contributed by atoms with E-state index in [2.05, 4.69) is 5.32 Å². The fourth-order valence-corrected chi connectivity index (χ4v) is 2.71. The summed E-state index contributed by atoms with van der Waals surface area (Å²) >= 11 is 6.14. The predicted molar refractivity (Wildman–Crippen MR) is 70.1 cm³/mol. The molecule has 18 heavy (non-hydrogen) atoms. The standard InChI is InChI=1S/C14H17ClFNO/c15-12-6-3-5-11(12)9-17-14(18)8-10-4-1-2-7-13(10)16/h1-2,4,7,11-12H,3,5-6,8-9H2,(H,17,18). The minimum Gasteiger partial charge on any atom is -0.355 e. The van der Waals surface area contributed by atoms with Gasteiger partial charge in [0.15, 0.2) is 0 Å². The summed E-state index contributed by atoms with van der Waals surface area (Å²) in [6.45, 7) is 0.599. The third kappa shape index (κ3) is 3.45. The lowest BCUT2D eigenvalue weighted by Gasteiger charge is -2.14. The number of carbonyl (C=O) groups is 1. The molecule has 1 aromatic carbocycles. The lowest BCUT2D eigenvalue weighted by atomic mass is 10.1. The van der Waals surface area contributed by atoms with Gasteiger partial charge in [0, 0.05) is 11.9 Å². The van der Waals surface area contributed by atoms with E-state index in [4.69, 9.17) is 11.6 Å². The summed E-state index contributed by atoms with van der Waals surface area (Å²) < 4.78 is 13.4. The van der Waals surface area contributed by atoms with Gasteiger partial charge in [-0.05, 0) is 30.4 Å². The van der Waals surface area contributed by atoms with E-state index in [1.807, 2.05) is 0 Å². The van der Waals surface area contributed by atoms with Crippen molar-refractivity contribution >= 4 is 17.5 Å². The first-order chi connectivity index (χ1) is 8.66. The Morgan fingerprint density at radius 3 is 2.83 bits per heavy atom. The molecule has 1 saturated carbocycles. The van der Waals surface area contributed by atoms with Crippen LogP contribution in [0.5, 0.6) is 0 Å². The molecular formula is C14H17ClFNO. The van der Waals surface area contributed by atoms with Crippen LogP contribution in [0.15, 0.2) is 24.3 Å². The van der Waals surface area contributed by atoms with Crippen molar-refractivity contribution in [2.75, 3.05) is 6.54 Å². The lowest BCUT2D eigenvalue weighted by Crippen LogP contribution is -2.32. The van der Waals surface area contributed by atoms with Gasteiger partial charge in [-0.1, -0.05) is 24.6 Å². The van der Waals surface area contributed by atoms with Gasteiger partial charge in [-0.3, -0.25) is 4.79 Å². The number of rotatable bonds is 4. The number of halogens is 2. The van der Waals surface area contributed by atoms with E-state index in [1.54, 1.807) is 18.2 Å². The lowest BCUT2D eigenvalue weighted by molar-refractivity contribution is -0.120. The van der Waals surface area contributed by atoms with Gasteiger partial charge >= 0.3 is 0 Å². The van der Waals surface area contributed by atoms with Gasteiger partial charge < -0.3 is 5.32 Å². The first kappa shape index (κ1) is 13.3.